The molecule has 0 heterocycles. The van der Waals surface area contributed by atoms with E-state index in [2.05, 4.69) is 0 Å². The normalized spacial score (nSPS) is 36.3. The van der Waals surface area contributed by atoms with Crippen LogP contribution in [-0.4, -0.2) is 11.8 Å². The van der Waals surface area contributed by atoms with Gasteiger partial charge in [0.2, 0.25) is 0 Å². The second kappa shape index (κ2) is 5.62. The van der Waals surface area contributed by atoms with Crippen molar-refractivity contribution in [3.8, 4) is 0 Å². The lowest BCUT2D eigenvalue weighted by Crippen LogP contribution is -2.39. The molecule has 2 aliphatic rings. The Morgan fingerprint density at radius 1 is 0.889 bits per heavy atom. The van der Waals surface area contributed by atoms with Gasteiger partial charge >= 0.3 is 0 Å². The standard InChI is InChI=1S/C14H20F4/c15-11-8-4-5-9-14(11,18)13(17)12(16)10-6-2-1-3-7-10/h10-11H,1-9H2. The summed E-state index contributed by atoms with van der Waals surface area (Å²) in [5.74, 6) is -3.02. The predicted octanol–water partition coefficient (Wildman–Crippen LogP) is 5.34. The lowest BCUT2D eigenvalue weighted by atomic mass is 9.80. The van der Waals surface area contributed by atoms with Gasteiger partial charge in [-0.2, -0.15) is 0 Å². The summed E-state index contributed by atoms with van der Waals surface area (Å²) in [5, 5.41) is 0. The maximum Gasteiger partial charge on any atom is 0.195 e. The molecule has 0 N–H and O–H groups in total. The van der Waals surface area contributed by atoms with Gasteiger partial charge in [-0.1, -0.05) is 25.7 Å². The number of rotatable bonds is 2. The minimum atomic E-state index is -2.71. The highest BCUT2D eigenvalue weighted by atomic mass is 19.2. The van der Waals surface area contributed by atoms with Gasteiger partial charge in [0, 0.05) is 5.92 Å². The molecule has 0 aromatic carbocycles. The van der Waals surface area contributed by atoms with Crippen molar-refractivity contribution in [2.75, 3.05) is 0 Å². The summed E-state index contributed by atoms with van der Waals surface area (Å²) in [6.07, 6.45) is 2.60. The Morgan fingerprint density at radius 3 is 2.11 bits per heavy atom. The molecule has 2 saturated carbocycles. The molecule has 0 bridgehead atoms. The quantitative estimate of drug-likeness (QED) is 0.591. The van der Waals surface area contributed by atoms with Crippen molar-refractivity contribution in [3.63, 3.8) is 0 Å². The molecule has 2 rings (SSSR count). The van der Waals surface area contributed by atoms with Gasteiger partial charge in [-0.25, -0.2) is 17.6 Å². The zero-order valence-corrected chi connectivity index (χ0v) is 10.5. The van der Waals surface area contributed by atoms with Crippen LogP contribution in [0.3, 0.4) is 0 Å². The first-order valence-electron chi connectivity index (χ1n) is 6.94. The zero-order valence-electron chi connectivity index (χ0n) is 10.5. The molecule has 0 amide bonds. The average molecular weight is 264 g/mol. The molecule has 2 aliphatic carbocycles. The SMILES string of the molecule is FC(=C(F)C1(F)CCCCC1F)C1CCCCC1. The van der Waals surface area contributed by atoms with Crippen molar-refractivity contribution in [3.05, 3.63) is 11.7 Å². The molecule has 4 heteroatoms. The molecular formula is C14H20F4. The molecule has 2 unspecified atom stereocenters. The van der Waals surface area contributed by atoms with Crippen LogP contribution in [0.4, 0.5) is 17.6 Å². The summed E-state index contributed by atoms with van der Waals surface area (Å²) in [6, 6.07) is 0. The lowest BCUT2D eigenvalue weighted by Gasteiger charge is -2.32. The molecule has 0 spiro atoms. The first-order valence-corrected chi connectivity index (χ1v) is 6.94. The summed E-state index contributed by atoms with van der Waals surface area (Å²) < 4.78 is 55.9. The fourth-order valence-corrected chi connectivity index (χ4v) is 3.07. The Bertz CT molecular complexity index is 320. The average Bonchev–Trinajstić information content (AvgIpc) is 2.41. The smallest absolute Gasteiger partial charge is 0.195 e. The maximum absolute atomic E-state index is 14.3. The maximum atomic E-state index is 14.3. The van der Waals surface area contributed by atoms with Gasteiger partial charge in [-0.15, -0.1) is 0 Å². The Balaban J connectivity index is 2.18. The molecular weight excluding hydrogens is 244 g/mol. The highest BCUT2D eigenvalue weighted by Crippen LogP contribution is 2.44. The minimum absolute atomic E-state index is 0.0120. The van der Waals surface area contributed by atoms with E-state index in [4.69, 9.17) is 0 Å². The fraction of sp³-hybridized carbons (Fsp3) is 0.857. The molecule has 0 aromatic rings. The molecule has 0 saturated heterocycles. The van der Waals surface area contributed by atoms with Crippen LogP contribution in [-0.2, 0) is 0 Å². The molecule has 0 radical (unpaired) electrons. The van der Waals surface area contributed by atoms with Crippen molar-refractivity contribution < 1.29 is 17.6 Å². The third kappa shape index (κ3) is 2.57. The van der Waals surface area contributed by atoms with Gasteiger partial charge in [0.15, 0.2) is 11.5 Å². The van der Waals surface area contributed by atoms with Crippen molar-refractivity contribution in [2.45, 2.75) is 69.6 Å². The molecule has 0 aliphatic heterocycles. The first-order chi connectivity index (χ1) is 8.55. The largest absolute Gasteiger partial charge is 0.243 e. The number of hydrogen-bond donors (Lipinski definition) is 0. The van der Waals surface area contributed by atoms with Gasteiger partial charge < -0.3 is 0 Å². The van der Waals surface area contributed by atoms with Gasteiger partial charge in [-0.3, -0.25) is 0 Å². The summed E-state index contributed by atoms with van der Waals surface area (Å²) in [6.45, 7) is 0. The monoisotopic (exact) mass is 264 g/mol. The third-order valence-corrected chi connectivity index (χ3v) is 4.28. The van der Waals surface area contributed by atoms with Gasteiger partial charge in [0.05, 0.1) is 0 Å². The molecule has 0 aromatic heterocycles. The number of hydrogen-bond acceptors (Lipinski definition) is 0. The number of alkyl halides is 2. The fourth-order valence-electron chi connectivity index (χ4n) is 3.07. The van der Waals surface area contributed by atoms with E-state index < -0.39 is 29.4 Å². The molecule has 104 valence electrons. The van der Waals surface area contributed by atoms with Gasteiger partial charge in [0.25, 0.3) is 0 Å². The topological polar surface area (TPSA) is 0 Å². The van der Waals surface area contributed by atoms with E-state index in [0.29, 0.717) is 25.7 Å². The highest BCUT2D eigenvalue weighted by Gasteiger charge is 2.48. The Kier molecular flexibility index (Phi) is 4.33. The van der Waals surface area contributed by atoms with E-state index >= 15 is 0 Å². The van der Waals surface area contributed by atoms with Crippen molar-refractivity contribution in [2.24, 2.45) is 5.92 Å². The van der Waals surface area contributed by atoms with Crippen LogP contribution in [0.2, 0.25) is 0 Å². The van der Waals surface area contributed by atoms with Crippen molar-refractivity contribution in [1.82, 2.24) is 0 Å². The van der Waals surface area contributed by atoms with Gasteiger partial charge in [-0.05, 0) is 32.1 Å². The third-order valence-electron chi connectivity index (χ3n) is 4.28. The van der Waals surface area contributed by atoms with E-state index in [0.717, 1.165) is 19.3 Å². The van der Waals surface area contributed by atoms with E-state index in [1.807, 2.05) is 0 Å². The molecule has 2 fully saturated rings. The van der Waals surface area contributed by atoms with Crippen LogP contribution < -0.4 is 0 Å². The second-order valence-electron chi connectivity index (χ2n) is 5.57. The summed E-state index contributed by atoms with van der Waals surface area (Å²) >= 11 is 0. The molecule has 0 nitrogen and oxygen atoms in total. The van der Waals surface area contributed by atoms with Crippen LogP contribution in [0.1, 0.15) is 57.8 Å². The van der Waals surface area contributed by atoms with E-state index in [9.17, 15) is 17.6 Å². The predicted molar refractivity (Wildman–Crippen MR) is 63.0 cm³/mol. The first kappa shape index (κ1) is 13.9. The van der Waals surface area contributed by atoms with Gasteiger partial charge in [0.1, 0.15) is 12.0 Å². The Hall–Kier alpha value is -0.540. The van der Waals surface area contributed by atoms with Crippen LogP contribution >= 0.6 is 0 Å². The Labute approximate surface area is 105 Å². The van der Waals surface area contributed by atoms with Crippen molar-refractivity contribution in [1.29, 1.82) is 0 Å². The summed E-state index contributed by atoms with van der Waals surface area (Å²) in [4.78, 5) is 0. The zero-order chi connectivity index (χ0) is 13.2. The van der Waals surface area contributed by atoms with Crippen LogP contribution in [0.15, 0.2) is 11.7 Å². The lowest BCUT2D eigenvalue weighted by molar-refractivity contribution is 0.0209. The second-order valence-corrected chi connectivity index (χ2v) is 5.57. The minimum Gasteiger partial charge on any atom is -0.243 e. The summed E-state index contributed by atoms with van der Waals surface area (Å²) in [5.41, 5.74) is -2.71. The van der Waals surface area contributed by atoms with Crippen LogP contribution in [0.25, 0.3) is 0 Å². The van der Waals surface area contributed by atoms with Crippen LogP contribution in [0, 0.1) is 5.92 Å². The van der Waals surface area contributed by atoms with Crippen LogP contribution in [0.5, 0.6) is 0 Å². The summed E-state index contributed by atoms with van der Waals surface area (Å²) in [7, 11) is 0. The Morgan fingerprint density at radius 2 is 1.50 bits per heavy atom. The van der Waals surface area contributed by atoms with E-state index in [1.54, 1.807) is 0 Å². The number of allylic oxidation sites excluding steroid dienone is 2. The molecule has 2 atom stereocenters. The highest BCUT2D eigenvalue weighted by molar-refractivity contribution is 5.19. The van der Waals surface area contributed by atoms with E-state index in [-0.39, 0.29) is 12.8 Å². The van der Waals surface area contributed by atoms with E-state index in [1.165, 1.54) is 0 Å². The molecule has 18 heavy (non-hydrogen) atoms. The number of halogens is 4. The van der Waals surface area contributed by atoms with Crippen molar-refractivity contribution >= 4 is 0 Å².